The van der Waals surface area contributed by atoms with Gasteiger partial charge in [0.15, 0.2) is 0 Å². The van der Waals surface area contributed by atoms with Crippen LogP contribution in [0.25, 0.3) is 6.08 Å². The predicted molar refractivity (Wildman–Crippen MR) is 113 cm³/mol. The molecule has 2 N–H and O–H groups in total. The third kappa shape index (κ3) is 5.45. The van der Waals surface area contributed by atoms with Gasteiger partial charge in [-0.3, -0.25) is 9.69 Å². The Morgan fingerprint density at radius 1 is 1.31 bits per heavy atom. The van der Waals surface area contributed by atoms with Crippen LogP contribution >= 0.6 is 0 Å². The van der Waals surface area contributed by atoms with Crippen molar-refractivity contribution >= 4 is 12.0 Å². The third-order valence-corrected chi connectivity index (χ3v) is 6.15. The quantitative estimate of drug-likeness (QED) is 0.732. The second-order valence-corrected chi connectivity index (χ2v) is 8.28. The molecule has 0 saturated carbocycles. The van der Waals surface area contributed by atoms with Gasteiger partial charge in [0.05, 0.1) is 11.1 Å². The Kier molecular flexibility index (Phi) is 7.46. The predicted octanol–water partition coefficient (Wildman–Crippen LogP) is 2.23. The van der Waals surface area contributed by atoms with E-state index in [2.05, 4.69) is 34.5 Å². The Hall–Kier alpha value is -1.73. The van der Waals surface area contributed by atoms with Gasteiger partial charge in [0.25, 0.3) is 0 Å². The van der Waals surface area contributed by atoms with Gasteiger partial charge < -0.3 is 19.9 Å². The van der Waals surface area contributed by atoms with Crippen molar-refractivity contribution in [1.82, 2.24) is 10.2 Å². The molecule has 1 aromatic rings. The van der Waals surface area contributed by atoms with Crippen LogP contribution in [0.1, 0.15) is 38.7 Å². The van der Waals surface area contributed by atoms with Crippen molar-refractivity contribution in [2.24, 2.45) is 0 Å². The SMILES string of the molecule is CCOCC(=O)N[C@@]1(C)CCOC2(CCN(CC=Cc3ccccc3)CC2)[C@@H]1O. The summed E-state index contributed by atoms with van der Waals surface area (Å²) in [6.45, 7) is 7.43. The number of carbonyl (C=O) groups is 1. The van der Waals surface area contributed by atoms with E-state index in [4.69, 9.17) is 9.47 Å². The largest absolute Gasteiger partial charge is 0.388 e. The molecule has 2 saturated heterocycles. The Morgan fingerprint density at radius 2 is 2.03 bits per heavy atom. The Balaban J connectivity index is 1.54. The number of aliphatic hydroxyl groups excluding tert-OH is 1. The Labute approximate surface area is 173 Å². The van der Waals surface area contributed by atoms with Gasteiger partial charge in [0.1, 0.15) is 12.7 Å². The van der Waals surface area contributed by atoms with Crippen LogP contribution in [0.3, 0.4) is 0 Å². The average Bonchev–Trinajstić information content (AvgIpc) is 2.73. The molecule has 2 heterocycles. The number of piperidine rings is 1. The molecule has 2 atom stereocenters. The van der Waals surface area contributed by atoms with Gasteiger partial charge in [-0.05, 0) is 38.7 Å². The van der Waals surface area contributed by atoms with Crippen molar-refractivity contribution in [3.8, 4) is 0 Å². The van der Waals surface area contributed by atoms with Crippen molar-refractivity contribution in [3.63, 3.8) is 0 Å². The fraction of sp³-hybridized carbons (Fsp3) is 0.609. The van der Waals surface area contributed by atoms with E-state index in [1.54, 1.807) is 0 Å². The van der Waals surface area contributed by atoms with E-state index in [0.29, 0.717) is 19.6 Å². The summed E-state index contributed by atoms with van der Waals surface area (Å²) < 4.78 is 11.3. The first kappa shape index (κ1) is 22.0. The first-order chi connectivity index (χ1) is 14.0. The highest BCUT2D eigenvalue weighted by Crippen LogP contribution is 2.39. The molecule has 1 amide bonds. The number of ether oxygens (including phenoxy) is 2. The van der Waals surface area contributed by atoms with Gasteiger partial charge in [0, 0.05) is 32.8 Å². The van der Waals surface area contributed by atoms with E-state index in [0.717, 1.165) is 32.5 Å². The van der Waals surface area contributed by atoms with Crippen LogP contribution in [-0.4, -0.2) is 72.6 Å². The van der Waals surface area contributed by atoms with Crippen molar-refractivity contribution in [2.75, 3.05) is 39.5 Å². The molecule has 6 nitrogen and oxygen atoms in total. The second-order valence-electron chi connectivity index (χ2n) is 8.28. The number of nitrogens with one attached hydrogen (secondary N) is 1. The van der Waals surface area contributed by atoms with Crippen LogP contribution in [0.4, 0.5) is 0 Å². The molecule has 1 spiro atoms. The van der Waals surface area contributed by atoms with Gasteiger partial charge in [-0.1, -0.05) is 42.5 Å². The second kappa shape index (κ2) is 9.85. The van der Waals surface area contributed by atoms with Crippen molar-refractivity contribution < 1.29 is 19.4 Å². The van der Waals surface area contributed by atoms with E-state index < -0.39 is 17.2 Å². The number of nitrogens with zero attached hydrogens (tertiary/aromatic N) is 1. The lowest BCUT2D eigenvalue weighted by atomic mass is 9.73. The van der Waals surface area contributed by atoms with Crippen LogP contribution in [0.15, 0.2) is 36.4 Å². The third-order valence-electron chi connectivity index (χ3n) is 6.15. The molecule has 2 aliphatic rings. The molecule has 29 heavy (non-hydrogen) atoms. The highest BCUT2D eigenvalue weighted by molar-refractivity contribution is 5.78. The average molecular weight is 403 g/mol. The summed E-state index contributed by atoms with van der Waals surface area (Å²) >= 11 is 0. The number of hydrogen-bond donors (Lipinski definition) is 2. The topological polar surface area (TPSA) is 71.0 Å². The summed E-state index contributed by atoms with van der Waals surface area (Å²) in [4.78, 5) is 14.6. The van der Waals surface area contributed by atoms with E-state index in [1.807, 2.05) is 32.0 Å². The molecule has 0 bridgehead atoms. The van der Waals surface area contributed by atoms with Crippen LogP contribution in [0.5, 0.6) is 0 Å². The van der Waals surface area contributed by atoms with Gasteiger partial charge >= 0.3 is 0 Å². The maximum absolute atomic E-state index is 12.2. The normalized spacial score (nSPS) is 27.3. The molecule has 3 rings (SSSR count). The molecule has 0 aromatic heterocycles. The summed E-state index contributed by atoms with van der Waals surface area (Å²) in [5.41, 5.74) is -0.0848. The smallest absolute Gasteiger partial charge is 0.246 e. The van der Waals surface area contributed by atoms with Crippen molar-refractivity contribution in [1.29, 1.82) is 0 Å². The standard InChI is InChI=1S/C23H34N2O4/c1-3-28-18-20(26)24-22(2)13-17-29-23(21(22)27)11-15-25(16-12-23)14-7-10-19-8-5-4-6-9-19/h4-10,21,27H,3,11-18H2,1-2H3,(H,24,26)/t21-,22+/m1/s1. The summed E-state index contributed by atoms with van der Waals surface area (Å²) in [7, 11) is 0. The maximum atomic E-state index is 12.2. The molecule has 6 heteroatoms. The summed E-state index contributed by atoms with van der Waals surface area (Å²) in [5, 5.41) is 14.2. The Morgan fingerprint density at radius 3 is 2.72 bits per heavy atom. The molecular formula is C23H34N2O4. The van der Waals surface area contributed by atoms with E-state index in [-0.39, 0.29) is 12.5 Å². The first-order valence-corrected chi connectivity index (χ1v) is 10.6. The lowest BCUT2D eigenvalue weighted by Crippen LogP contribution is -2.69. The van der Waals surface area contributed by atoms with Gasteiger partial charge in [-0.25, -0.2) is 0 Å². The highest BCUT2D eigenvalue weighted by atomic mass is 16.5. The van der Waals surface area contributed by atoms with Crippen LogP contribution in [0.2, 0.25) is 0 Å². The molecule has 0 unspecified atom stereocenters. The zero-order valence-corrected chi connectivity index (χ0v) is 17.6. The lowest BCUT2D eigenvalue weighted by Gasteiger charge is -2.53. The van der Waals surface area contributed by atoms with Crippen molar-refractivity contribution in [2.45, 2.75) is 50.4 Å². The van der Waals surface area contributed by atoms with E-state index >= 15 is 0 Å². The minimum atomic E-state index is -0.740. The van der Waals surface area contributed by atoms with E-state index in [1.165, 1.54) is 5.56 Å². The van der Waals surface area contributed by atoms with Crippen molar-refractivity contribution in [3.05, 3.63) is 42.0 Å². The number of aliphatic hydroxyl groups is 1. The summed E-state index contributed by atoms with van der Waals surface area (Å²) in [6.07, 6.45) is 5.69. The van der Waals surface area contributed by atoms with E-state index in [9.17, 15) is 9.90 Å². The number of hydrogen-bond acceptors (Lipinski definition) is 5. The molecular weight excluding hydrogens is 368 g/mol. The number of benzene rings is 1. The van der Waals surface area contributed by atoms with Gasteiger partial charge in [-0.2, -0.15) is 0 Å². The van der Waals surface area contributed by atoms with Crippen LogP contribution < -0.4 is 5.32 Å². The summed E-state index contributed by atoms with van der Waals surface area (Å²) in [5.74, 6) is -0.186. The monoisotopic (exact) mass is 402 g/mol. The molecule has 0 aliphatic carbocycles. The fourth-order valence-corrected chi connectivity index (χ4v) is 4.38. The number of likely N-dealkylation sites (tertiary alicyclic amines) is 1. The lowest BCUT2D eigenvalue weighted by molar-refractivity contribution is -0.207. The van der Waals surface area contributed by atoms with Crippen LogP contribution in [-0.2, 0) is 14.3 Å². The van der Waals surface area contributed by atoms with Gasteiger partial charge in [0.2, 0.25) is 5.91 Å². The van der Waals surface area contributed by atoms with Crippen LogP contribution in [0, 0.1) is 0 Å². The maximum Gasteiger partial charge on any atom is 0.246 e. The minimum absolute atomic E-state index is 0.0220. The highest BCUT2D eigenvalue weighted by Gasteiger charge is 2.53. The molecule has 0 radical (unpaired) electrons. The zero-order valence-electron chi connectivity index (χ0n) is 17.6. The minimum Gasteiger partial charge on any atom is -0.388 e. The molecule has 2 fully saturated rings. The number of amides is 1. The fourth-order valence-electron chi connectivity index (χ4n) is 4.38. The first-order valence-electron chi connectivity index (χ1n) is 10.6. The number of rotatable bonds is 7. The van der Waals surface area contributed by atoms with Gasteiger partial charge in [-0.15, -0.1) is 0 Å². The number of carbonyl (C=O) groups excluding carboxylic acids is 1. The molecule has 2 aliphatic heterocycles. The Bertz CT molecular complexity index is 685. The molecule has 1 aromatic carbocycles. The zero-order chi connectivity index (χ0) is 20.7. The molecule has 160 valence electrons. The summed E-state index contributed by atoms with van der Waals surface area (Å²) in [6, 6.07) is 10.3.